The molecule has 0 aliphatic carbocycles. The molecule has 0 saturated carbocycles. The first-order valence-corrected chi connectivity index (χ1v) is 29.2. The van der Waals surface area contributed by atoms with Gasteiger partial charge in [0.15, 0.2) is 140 Å². The minimum Gasteiger partial charge on any atom is -0.668 e. The number of hydrogen-bond acceptors (Lipinski definition) is 2. The Morgan fingerprint density at radius 2 is 0.164 bits per heavy atom. The number of benzene rings is 8. The van der Waals surface area contributed by atoms with Gasteiger partial charge in [-0.05, 0) is 28.2 Å². The Kier molecular flexibility index (Phi) is 48.9. The summed E-state index contributed by atoms with van der Waals surface area (Å²) in [4.78, 5) is 0. The van der Waals surface area contributed by atoms with Crippen molar-refractivity contribution in [3.63, 3.8) is 0 Å². The van der Waals surface area contributed by atoms with E-state index in [9.17, 15) is 105 Å². The molecule has 2 N–H and O–H groups in total. The maximum atomic E-state index is 15.4. The van der Waals surface area contributed by atoms with E-state index >= 15 is 70.2 Å². The summed E-state index contributed by atoms with van der Waals surface area (Å²) < 4.78 is 588. The van der Waals surface area contributed by atoms with Gasteiger partial charge in [-0.2, -0.15) is 84.6 Å². The van der Waals surface area contributed by atoms with Gasteiger partial charge in [0.2, 0.25) is 0 Å². The molecule has 8 aromatic carbocycles. The van der Waals surface area contributed by atoms with Gasteiger partial charge in [0, 0.05) is 0 Å². The molecule has 0 fully saturated rings. The van der Waals surface area contributed by atoms with E-state index in [0.717, 1.165) is 0 Å². The van der Waals surface area contributed by atoms with Crippen LogP contribution >= 0.6 is 0 Å². The number of nitrogens with zero attached hydrogens (tertiary/aromatic N) is 6. The second-order valence-corrected chi connectivity index (χ2v) is 21.3. The van der Waals surface area contributed by atoms with Crippen LogP contribution in [0.5, 0.6) is 0 Å². The summed E-state index contributed by atoms with van der Waals surface area (Å²) in [5, 5.41) is 26.5. The Hall–Kier alpha value is -7.80. The molecule has 8 aromatic rings. The van der Waals surface area contributed by atoms with Crippen LogP contribution in [-0.2, 0) is 43.4 Å². The van der Waals surface area contributed by atoms with Crippen LogP contribution in [-0.4, -0.2) is 125 Å². The molecule has 0 aliphatic rings. The molecule has 640 valence electrons. The van der Waals surface area contributed by atoms with Crippen LogP contribution in [0, 0.1) is 233 Å². The standard InChI is InChI=1S/2C24BF20.2C2H7N.6C2H6N.2Ti/c2*26-5-1(6(27)14(35)21(42)13(5)34)25(2-7(28)15(36)22(43)16(37)8(2)29,3-9(30)17(38)23(44)18(39)10(3)31)4-11(32)19(40)24(45)20(41)12(4)33;8*1-3-2;;/h;;2*3H,1-2H3;6*1-2H3;;/q2*-1;;;6*-1;2*+4. The average Bonchev–Trinajstić information content (AvgIpc) is 0.686. The van der Waals surface area contributed by atoms with E-state index in [1.165, 1.54) is 0 Å². The smallest absolute Gasteiger partial charge is 0.668 e. The normalized spacial score (nSPS) is 10.6. The van der Waals surface area contributed by atoms with Gasteiger partial charge in [0.05, 0.1) is 0 Å². The average molecular weight is 1810 g/mol. The van der Waals surface area contributed by atoms with Crippen molar-refractivity contribution in [2.75, 3.05) is 113 Å². The number of nitrogens with one attached hydrogen (secondary N) is 2. The van der Waals surface area contributed by atoms with Gasteiger partial charge in [-0.3, -0.25) is 0 Å². The van der Waals surface area contributed by atoms with Gasteiger partial charge >= 0.3 is 43.4 Å². The van der Waals surface area contributed by atoms with E-state index in [2.05, 4.69) is 42.5 Å². The first-order valence-electron chi connectivity index (χ1n) is 29.2. The predicted molar refractivity (Wildman–Crippen MR) is 340 cm³/mol. The molecule has 0 atom stereocenters. The van der Waals surface area contributed by atoms with Gasteiger partial charge in [-0.15, -0.1) is 43.7 Å². The van der Waals surface area contributed by atoms with E-state index in [1.54, 1.807) is 84.6 Å². The van der Waals surface area contributed by atoms with E-state index in [4.69, 9.17) is 0 Å². The van der Waals surface area contributed by atoms with E-state index in [1.807, 2.05) is 28.2 Å². The van der Waals surface area contributed by atoms with Crippen molar-refractivity contribution < 1.29 is 219 Å². The first kappa shape index (κ1) is 115. The minimum atomic E-state index is -7.22. The Labute approximate surface area is 660 Å². The van der Waals surface area contributed by atoms with Crippen molar-refractivity contribution in [2.45, 2.75) is 0 Å². The van der Waals surface area contributed by atoms with Crippen molar-refractivity contribution in [3.8, 4) is 0 Å². The van der Waals surface area contributed by atoms with E-state index < -0.39 is 289 Å². The van der Waals surface area contributed by atoms with Crippen LogP contribution < -0.4 is 54.3 Å². The van der Waals surface area contributed by atoms with Crippen LogP contribution in [0.1, 0.15) is 0 Å². The third-order valence-corrected chi connectivity index (χ3v) is 13.4. The molecule has 52 heteroatoms. The van der Waals surface area contributed by atoms with Gasteiger partial charge in [0.1, 0.15) is 105 Å². The topological polar surface area (TPSA) is 109 Å². The minimum absolute atomic E-state index is 0. The molecule has 0 aromatic heterocycles. The van der Waals surface area contributed by atoms with Crippen molar-refractivity contribution in [3.05, 3.63) is 265 Å². The first-order chi connectivity index (χ1) is 52.7. The number of halogens is 40. The van der Waals surface area contributed by atoms with Crippen LogP contribution in [0.15, 0.2) is 0 Å². The Bertz CT molecular complexity index is 3620. The molecule has 0 saturated heterocycles. The largest absolute Gasteiger partial charge is 4.00 e. The summed E-state index contributed by atoms with van der Waals surface area (Å²) >= 11 is 0. The molecule has 0 bridgehead atoms. The van der Waals surface area contributed by atoms with Crippen molar-refractivity contribution in [2.24, 2.45) is 0 Å². The molecule has 8 rings (SSSR count). The maximum absolute atomic E-state index is 15.4. The fraction of sp³-hybridized carbons (Fsp3) is 0.250. The van der Waals surface area contributed by atoms with Gasteiger partial charge in [0.25, 0.3) is 0 Å². The molecule has 0 heterocycles. The predicted octanol–water partition coefficient (Wildman–Crippen LogP) is 15.1. The van der Waals surface area contributed by atoms with E-state index in [0.29, 0.717) is 0 Å². The molecule has 8 nitrogen and oxygen atoms in total. The van der Waals surface area contributed by atoms with Crippen molar-refractivity contribution >= 4 is 56.0 Å². The zero-order valence-corrected chi connectivity index (χ0v) is 64.1. The monoisotopic (exact) mass is 1810 g/mol. The summed E-state index contributed by atoms with van der Waals surface area (Å²) in [5.74, 6) is -143. The zero-order valence-electron chi connectivity index (χ0n) is 61.0. The molecule has 0 unspecified atom stereocenters. The quantitative estimate of drug-likeness (QED) is 0.0684. The van der Waals surface area contributed by atoms with Crippen LogP contribution in [0.4, 0.5) is 176 Å². The second-order valence-electron chi connectivity index (χ2n) is 21.3. The van der Waals surface area contributed by atoms with Crippen LogP contribution in [0.2, 0.25) is 0 Å². The van der Waals surface area contributed by atoms with Gasteiger partial charge < -0.3 is 42.5 Å². The SMILES string of the molecule is CNC.CNC.C[N-]C.C[N-]C.C[N-]C.C[N-]C.C[N-]C.C[N-]C.Fc1c(F)c(F)c([B-](c2c(F)c(F)c(F)c(F)c2F)(c2c(F)c(F)c(F)c(F)c2F)c2c(F)c(F)c(F)c(F)c2F)c(F)c1F.Fc1c(F)c(F)c([B-](c2c(F)c(F)c(F)c(F)c2F)(c2c(F)c(F)c(F)c(F)c2F)c2c(F)c(F)c(F)c(F)c2F)c(F)c1F.[Ti+4].[Ti+4]. The molecular weight excluding hydrogens is 1760 g/mol. The van der Waals surface area contributed by atoms with Crippen LogP contribution in [0.3, 0.4) is 0 Å². The summed E-state index contributed by atoms with van der Waals surface area (Å²) in [6.45, 7) is 0. The zero-order chi connectivity index (χ0) is 90.4. The third-order valence-electron chi connectivity index (χ3n) is 13.4. The summed E-state index contributed by atoms with van der Waals surface area (Å²) in [5.41, 5.74) is -28.7. The Morgan fingerprint density at radius 3 is 0.207 bits per heavy atom. The molecule has 0 radical (unpaired) electrons. The van der Waals surface area contributed by atoms with Gasteiger partial charge in [-0.25, -0.2) is 176 Å². The fourth-order valence-corrected chi connectivity index (χ4v) is 9.75. The summed E-state index contributed by atoms with van der Waals surface area (Å²) in [6.07, 6.45) is -14.4. The van der Waals surface area contributed by atoms with Crippen LogP contribution in [0.25, 0.3) is 31.9 Å². The van der Waals surface area contributed by atoms with E-state index in [-0.39, 0.29) is 43.4 Å². The van der Waals surface area contributed by atoms with Crippen molar-refractivity contribution in [1.29, 1.82) is 0 Å². The molecular formula is C64H50B2F40N8Ti2. The molecule has 0 spiro atoms. The molecule has 0 amide bonds. The van der Waals surface area contributed by atoms with Crippen molar-refractivity contribution in [1.82, 2.24) is 10.6 Å². The third kappa shape index (κ3) is 21.8. The maximum Gasteiger partial charge on any atom is 4.00 e. The number of rotatable bonds is 8. The Morgan fingerprint density at radius 1 is 0.129 bits per heavy atom. The summed E-state index contributed by atoms with van der Waals surface area (Å²) in [7, 11) is 28.5. The second kappa shape index (κ2) is 49.6. The molecule has 116 heavy (non-hydrogen) atoms. The summed E-state index contributed by atoms with van der Waals surface area (Å²) in [6, 6.07) is 0. The molecule has 0 aliphatic heterocycles. The number of hydrogen-bond donors (Lipinski definition) is 2. The fourth-order valence-electron chi connectivity index (χ4n) is 9.75. The Balaban J connectivity index is -0.000000836. The van der Waals surface area contributed by atoms with Gasteiger partial charge in [-0.1, -0.05) is 0 Å².